The second kappa shape index (κ2) is 8.30. The molecule has 2 N–H and O–H groups in total. The molecule has 4 nitrogen and oxygen atoms in total. The van der Waals surface area contributed by atoms with Gasteiger partial charge in [0, 0.05) is 18.2 Å². The van der Waals surface area contributed by atoms with Crippen LogP contribution < -0.4 is 15.4 Å². The van der Waals surface area contributed by atoms with Crippen LogP contribution in [0, 0.1) is 0 Å². The molecule has 1 aliphatic heterocycles. The molecule has 1 fully saturated rings. The monoisotopic (exact) mass is 302 g/mol. The average Bonchev–Trinajstić information content (AvgIpc) is 2.93. The fraction of sp³-hybridized carbons (Fsp3) is 0.462. The molecule has 1 aromatic rings. The van der Waals surface area contributed by atoms with E-state index in [2.05, 4.69) is 10.6 Å². The number of rotatable bonds is 5. The van der Waals surface area contributed by atoms with Crippen LogP contribution in [-0.2, 0) is 11.2 Å². The normalized spacial score (nSPS) is 17.6. The van der Waals surface area contributed by atoms with Crippen molar-refractivity contribution in [3.8, 4) is 5.75 Å². The van der Waals surface area contributed by atoms with E-state index in [9.17, 15) is 4.79 Å². The number of nitrogens with one attached hydrogen (secondary N) is 2. The first-order chi connectivity index (χ1) is 8.79. The zero-order valence-electron chi connectivity index (χ0n) is 10.8. The lowest BCUT2D eigenvalue weighted by molar-refractivity contribution is -0.122. The molecule has 106 valence electrons. The number of amides is 1. The summed E-state index contributed by atoms with van der Waals surface area (Å²) in [5, 5.41) is 6.11. The van der Waals surface area contributed by atoms with Crippen molar-refractivity contribution in [2.24, 2.45) is 0 Å². The van der Waals surface area contributed by atoms with Crippen molar-refractivity contribution in [3.63, 3.8) is 0 Å². The average molecular weight is 303 g/mol. The highest BCUT2D eigenvalue weighted by Crippen LogP contribution is 2.12. The first-order valence-corrected chi connectivity index (χ1v) is 7.17. The molecule has 1 saturated heterocycles. The van der Waals surface area contributed by atoms with Gasteiger partial charge < -0.3 is 10.1 Å². The first kappa shape index (κ1) is 16.1. The van der Waals surface area contributed by atoms with Crippen LogP contribution in [0.15, 0.2) is 24.3 Å². The summed E-state index contributed by atoms with van der Waals surface area (Å²) in [5.74, 6) is 2.70. The Labute approximate surface area is 124 Å². The number of benzene rings is 1. The molecule has 0 radical (unpaired) electrons. The molecular weight excluding hydrogens is 284 g/mol. The Bertz CT molecular complexity index is 394. The fourth-order valence-corrected chi connectivity index (χ4v) is 2.75. The SMILES string of the molecule is COc1ccc(CCNC(=O)C2CSCN2)cc1.Cl. The number of carbonyl (C=O) groups is 1. The van der Waals surface area contributed by atoms with E-state index in [0.717, 1.165) is 23.8 Å². The fourth-order valence-electron chi connectivity index (χ4n) is 1.81. The summed E-state index contributed by atoms with van der Waals surface area (Å²) in [4.78, 5) is 11.7. The van der Waals surface area contributed by atoms with Gasteiger partial charge in [-0.25, -0.2) is 0 Å². The van der Waals surface area contributed by atoms with Gasteiger partial charge in [0.1, 0.15) is 5.75 Å². The molecule has 0 saturated carbocycles. The Kier molecular flexibility index (Phi) is 7.05. The van der Waals surface area contributed by atoms with Gasteiger partial charge in [-0.2, -0.15) is 0 Å². The summed E-state index contributed by atoms with van der Waals surface area (Å²) in [7, 11) is 1.65. The van der Waals surface area contributed by atoms with Crippen molar-refractivity contribution >= 4 is 30.1 Å². The standard InChI is InChI=1S/C13H18N2O2S.ClH/c1-17-11-4-2-10(3-5-11)6-7-14-13(16)12-8-18-9-15-12;/h2-5,12,15H,6-9H2,1H3,(H,14,16);1H. The Morgan fingerprint density at radius 1 is 1.47 bits per heavy atom. The van der Waals surface area contributed by atoms with E-state index in [0.29, 0.717) is 6.54 Å². The van der Waals surface area contributed by atoms with Crippen LogP contribution in [0.25, 0.3) is 0 Å². The molecule has 1 aromatic carbocycles. The molecule has 1 heterocycles. The van der Waals surface area contributed by atoms with Crippen molar-refractivity contribution in [3.05, 3.63) is 29.8 Å². The lowest BCUT2D eigenvalue weighted by Crippen LogP contribution is -2.42. The second-order valence-corrected chi connectivity index (χ2v) is 5.19. The third kappa shape index (κ3) is 4.93. The Morgan fingerprint density at radius 2 is 2.21 bits per heavy atom. The topological polar surface area (TPSA) is 50.4 Å². The Morgan fingerprint density at radius 3 is 2.79 bits per heavy atom. The minimum atomic E-state index is -0.0223. The molecule has 1 aliphatic rings. The zero-order chi connectivity index (χ0) is 12.8. The molecular formula is C13H19ClN2O2S. The van der Waals surface area contributed by atoms with Crippen LogP contribution >= 0.6 is 24.2 Å². The Hall–Kier alpha value is -0.910. The van der Waals surface area contributed by atoms with E-state index in [1.54, 1.807) is 18.9 Å². The highest BCUT2D eigenvalue weighted by molar-refractivity contribution is 7.99. The molecule has 0 bridgehead atoms. The summed E-state index contributed by atoms with van der Waals surface area (Å²) in [6.45, 7) is 0.675. The van der Waals surface area contributed by atoms with Crippen molar-refractivity contribution < 1.29 is 9.53 Å². The van der Waals surface area contributed by atoms with Crippen LogP contribution in [-0.4, -0.2) is 37.2 Å². The maximum Gasteiger partial charge on any atom is 0.238 e. The van der Waals surface area contributed by atoms with Crippen LogP contribution in [0.4, 0.5) is 0 Å². The third-order valence-electron chi connectivity index (χ3n) is 2.90. The molecule has 6 heteroatoms. The van der Waals surface area contributed by atoms with E-state index in [4.69, 9.17) is 4.74 Å². The van der Waals surface area contributed by atoms with Crippen molar-refractivity contribution in [1.29, 1.82) is 0 Å². The first-order valence-electron chi connectivity index (χ1n) is 6.01. The minimum absolute atomic E-state index is 0. The smallest absolute Gasteiger partial charge is 0.238 e. The van der Waals surface area contributed by atoms with Crippen molar-refractivity contribution in [2.75, 3.05) is 25.3 Å². The van der Waals surface area contributed by atoms with Gasteiger partial charge in [0.25, 0.3) is 0 Å². The van der Waals surface area contributed by atoms with Crippen LogP contribution in [0.5, 0.6) is 5.75 Å². The van der Waals surface area contributed by atoms with Crippen LogP contribution in [0.1, 0.15) is 5.56 Å². The summed E-state index contributed by atoms with van der Waals surface area (Å²) in [6, 6.07) is 7.90. The van der Waals surface area contributed by atoms with Gasteiger partial charge in [-0.05, 0) is 24.1 Å². The summed E-state index contributed by atoms with van der Waals surface area (Å²) in [5.41, 5.74) is 1.20. The van der Waals surface area contributed by atoms with E-state index < -0.39 is 0 Å². The number of halogens is 1. The van der Waals surface area contributed by atoms with Gasteiger partial charge in [-0.1, -0.05) is 12.1 Å². The molecule has 2 rings (SSSR count). The number of hydrogen-bond acceptors (Lipinski definition) is 4. The largest absolute Gasteiger partial charge is 0.497 e. The number of hydrogen-bond donors (Lipinski definition) is 2. The van der Waals surface area contributed by atoms with E-state index in [1.807, 2.05) is 24.3 Å². The number of carbonyl (C=O) groups excluding carboxylic acids is 1. The van der Waals surface area contributed by atoms with Gasteiger partial charge in [0.15, 0.2) is 0 Å². The summed E-state index contributed by atoms with van der Waals surface area (Å²) < 4.78 is 5.10. The number of thioether (sulfide) groups is 1. The van der Waals surface area contributed by atoms with Crippen molar-refractivity contribution in [2.45, 2.75) is 12.5 Å². The van der Waals surface area contributed by atoms with Gasteiger partial charge in [-0.15, -0.1) is 24.2 Å². The molecule has 1 amide bonds. The van der Waals surface area contributed by atoms with Gasteiger partial charge >= 0.3 is 0 Å². The lowest BCUT2D eigenvalue weighted by Gasteiger charge is -2.10. The minimum Gasteiger partial charge on any atom is -0.497 e. The lowest BCUT2D eigenvalue weighted by atomic mass is 10.1. The van der Waals surface area contributed by atoms with Gasteiger partial charge in [-0.3, -0.25) is 10.1 Å². The van der Waals surface area contributed by atoms with Gasteiger partial charge in [0.2, 0.25) is 5.91 Å². The molecule has 1 unspecified atom stereocenters. The van der Waals surface area contributed by atoms with E-state index in [-0.39, 0.29) is 24.4 Å². The maximum atomic E-state index is 11.7. The van der Waals surface area contributed by atoms with Crippen molar-refractivity contribution in [1.82, 2.24) is 10.6 Å². The Balaban J connectivity index is 0.00000180. The van der Waals surface area contributed by atoms with Gasteiger partial charge in [0.05, 0.1) is 13.2 Å². The molecule has 1 atom stereocenters. The van der Waals surface area contributed by atoms with Crippen LogP contribution in [0.3, 0.4) is 0 Å². The molecule has 0 spiro atoms. The zero-order valence-corrected chi connectivity index (χ0v) is 12.5. The predicted octanol–water partition coefficient (Wildman–Crippen LogP) is 1.44. The van der Waals surface area contributed by atoms with E-state index in [1.165, 1.54) is 5.56 Å². The molecule has 0 aliphatic carbocycles. The maximum absolute atomic E-state index is 11.7. The highest BCUT2D eigenvalue weighted by atomic mass is 35.5. The summed E-state index contributed by atoms with van der Waals surface area (Å²) >= 11 is 1.76. The predicted molar refractivity (Wildman–Crippen MR) is 81.2 cm³/mol. The quantitative estimate of drug-likeness (QED) is 0.864. The summed E-state index contributed by atoms with van der Waals surface area (Å²) in [6.07, 6.45) is 0.843. The number of ether oxygens (including phenoxy) is 1. The third-order valence-corrected chi connectivity index (χ3v) is 3.84. The highest BCUT2D eigenvalue weighted by Gasteiger charge is 2.21. The van der Waals surface area contributed by atoms with Crippen LogP contribution in [0.2, 0.25) is 0 Å². The van der Waals surface area contributed by atoms with E-state index >= 15 is 0 Å². The number of methoxy groups -OCH3 is 1. The molecule has 0 aromatic heterocycles. The molecule has 19 heavy (non-hydrogen) atoms. The second-order valence-electron chi connectivity index (χ2n) is 4.16.